The summed E-state index contributed by atoms with van der Waals surface area (Å²) in [5.74, 6) is -0.412. The molecule has 3 rings (SSSR count). The molecule has 0 fully saturated rings. The Hall–Kier alpha value is -3.05. The lowest BCUT2D eigenvalue weighted by Gasteiger charge is -2.11. The molecular weight excluding hydrogens is 445 g/mol. The van der Waals surface area contributed by atoms with E-state index in [0.717, 1.165) is 5.56 Å². The third-order valence-corrected chi connectivity index (χ3v) is 6.15. The standard InChI is InChI=1S/C21H15Cl2N3O3S/c22-16-6-9-19(23)20(13-16)30(28,29)26-18-3-1-2-15(12-18)21(27)25-17-7-4-14(5-8-17)10-11-24/h1-9,12-13,26H,10H2,(H,25,27). The summed E-state index contributed by atoms with van der Waals surface area (Å²) in [6.07, 6.45) is 0.285. The summed E-state index contributed by atoms with van der Waals surface area (Å²) in [6.45, 7) is 0. The van der Waals surface area contributed by atoms with Crippen LogP contribution in [0.5, 0.6) is 0 Å². The average molecular weight is 460 g/mol. The van der Waals surface area contributed by atoms with Gasteiger partial charge in [0.25, 0.3) is 15.9 Å². The van der Waals surface area contributed by atoms with Crippen molar-refractivity contribution in [3.63, 3.8) is 0 Å². The van der Waals surface area contributed by atoms with Crippen molar-refractivity contribution < 1.29 is 13.2 Å². The zero-order valence-electron chi connectivity index (χ0n) is 15.4. The second-order valence-electron chi connectivity index (χ2n) is 6.25. The number of nitriles is 1. The minimum Gasteiger partial charge on any atom is -0.322 e. The topological polar surface area (TPSA) is 99.1 Å². The molecule has 152 valence electrons. The molecule has 1 amide bonds. The number of nitrogens with zero attached hydrogens (tertiary/aromatic N) is 1. The Kier molecular flexibility index (Phi) is 6.63. The van der Waals surface area contributed by atoms with E-state index in [4.69, 9.17) is 28.5 Å². The SMILES string of the molecule is N#CCc1ccc(NC(=O)c2cccc(NS(=O)(=O)c3cc(Cl)ccc3Cl)c2)cc1. The Morgan fingerprint density at radius 2 is 1.70 bits per heavy atom. The molecule has 0 aliphatic carbocycles. The maximum Gasteiger partial charge on any atom is 0.263 e. The lowest BCUT2D eigenvalue weighted by atomic mass is 10.1. The lowest BCUT2D eigenvalue weighted by molar-refractivity contribution is 0.102. The van der Waals surface area contributed by atoms with Crippen LogP contribution in [-0.2, 0) is 16.4 Å². The second kappa shape index (κ2) is 9.18. The highest BCUT2D eigenvalue weighted by molar-refractivity contribution is 7.92. The van der Waals surface area contributed by atoms with Gasteiger partial charge in [0, 0.05) is 22.0 Å². The summed E-state index contributed by atoms with van der Waals surface area (Å²) in [4.78, 5) is 12.4. The van der Waals surface area contributed by atoms with Gasteiger partial charge in [0.15, 0.2) is 0 Å². The van der Waals surface area contributed by atoms with E-state index in [-0.39, 0.29) is 32.6 Å². The van der Waals surface area contributed by atoms with Crippen molar-refractivity contribution in [3.05, 3.63) is 87.9 Å². The third-order valence-electron chi connectivity index (χ3n) is 4.05. The van der Waals surface area contributed by atoms with Crippen LogP contribution in [0.1, 0.15) is 15.9 Å². The first-order valence-corrected chi connectivity index (χ1v) is 10.9. The van der Waals surface area contributed by atoms with Gasteiger partial charge in [-0.05, 0) is 54.1 Å². The predicted octanol–water partition coefficient (Wildman–Crippen LogP) is 5.11. The van der Waals surface area contributed by atoms with Gasteiger partial charge < -0.3 is 5.32 Å². The number of hydrogen-bond acceptors (Lipinski definition) is 4. The third kappa shape index (κ3) is 5.30. The molecule has 0 aromatic heterocycles. The molecule has 30 heavy (non-hydrogen) atoms. The normalized spacial score (nSPS) is 10.8. The fourth-order valence-corrected chi connectivity index (χ4v) is 4.43. The highest BCUT2D eigenvalue weighted by atomic mass is 35.5. The number of rotatable bonds is 6. The zero-order chi connectivity index (χ0) is 21.7. The van der Waals surface area contributed by atoms with Gasteiger partial charge in [0.1, 0.15) is 4.90 Å². The molecule has 2 N–H and O–H groups in total. The van der Waals surface area contributed by atoms with Crippen LogP contribution < -0.4 is 10.0 Å². The molecular formula is C21H15Cl2N3O3S. The number of amides is 1. The molecule has 0 radical (unpaired) electrons. The van der Waals surface area contributed by atoms with E-state index in [0.29, 0.717) is 5.69 Å². The molecule has 0 unspecified atom stereocenters. The maximum absolute atomic E-state index is 12.7. The summed E-state index contributed by atoms with van der Waals surface area (Å²) in [5, 5.41) is 11.7. The van der Waals surface area contributed by atoms with E-state index in [2.05, 4.69) is 16.1 Å². The van der Waals surface area contributed by atoms with Crippen LogP contribution in [0.4, 0.5) is 11.4 Å². The van der Waals surface area contributed by atoms with Crippen LogP contribution in [0.2, 0.25) is 10.0 Å². The van der Waals surface area contributed by atoms with E-state index in [9.17, 15) is 13.2 Å². The van der Waals surface area contributed by atoms with Crippen molar-refractivity contribution in [3.8, 4) is 6.07 Å². The van der Waals surface area contributed by atoms with Crippen LogP contribution >= 0.6 is 23.2 Å². The first-order chi connectivity index (χ1) is 14.3. The fourth-order valence-electron chi connectivity index (χ4n) is 2.62. The van der Waals surface area contributed by atoms with Crippen LogP contribution in [0.25, 0.3) is 0 Å². The number of carbonyl (C=O) groups excluding carboxylic acids is 1. The Morgan fingerprint density at radius 1 is 0.967 bits per heavy atom. The van der Waals surface area contributed by atoms with Gasteiger partial charge in [-0.25, -0.2) is 8.42 Å². The minimum atomic E-state index is -4.00. The average Bonchev–Trinajstić information content (AvgIpc) is 2.71. The number of benzene rings is 3. The monoisotopic (exact) mass is 459 g/mol. The molecule has 0 bridgehead atoms. The molecule has 9 heteroatoms. The predicted molar refractivity (Wildman–Crippen MR) is 117 cm³/mol. The highest BCUT2D eigenvalue weighted by Crippen LogP contribution is 2.27. The van der Waals surface area contributed by atoms with Gasteiger partial charge in [0.05, 0.1) is 17.5 Å². The quantitative estimate of drug-likeness (QED) is 0.534. The van der Waals surface area contributed by atoms with E-state index >= 15 is 0 Å². The number of anilines is 2. The van der Waals surface area contributed by atoms with Gasteiger partial charge in [0.2, 0.25) is 0 Å². The van der Waals surface area contributed by atoms with Gasteiger partial charge in [-0.15, -0.1) is 0 Å². The van der Waals surface area contributed by atoms with Gasteiger partial charge in [-0.2, -0.15) is 5.26 Å². The van der Waals surface area contributed by atoms with Crippen molar-refractivity contribution in [1.29, 1.82) is 5.26 Å². The first kappa shape index (κ1) is 21.7. The molecule has 0 aliphatic rings. The molecule has 6 nitrogen and oxygen atoms in total. The number of carbonyl (C=O) groups is 1. The summed E-state index contributed by atoms with van der Waals surface area (Å²) in [7, 11) is -4.00. The number of halogens is 2. The van der Waals surface area contributed by atoms with Crippen molar-refractivity contribution in [1.82, 2.24) is 0 Å². The summed E-state index contributed by atoms with van der Waals surface area (Å²) in [5.41, 5.74) is 1.85. The molecule has 0 aliphatic heterocycles. The molecule has 0 saturated heterocycles. The Balaban J connectivity index is 1.78. The minimum absolute atomic E-state index is 0.0284. The van der Waals surface area contributed by atoms with Crippen molar-refractivity contribution in [2.75, 3.05) is 10.0 Å². The lowest BCUT2D eigenvalue weighted by Crippen LogP contribution is -2.15. The highest BCUT2D eigenvalue weighted by Gasteiger charge is 2.19. The number of nitrogens with one attached hydrogen (secondary N) is 2. The molecule has 3 aromatic rings. The van der Waals surface area contributed by atoms with Gasteiger partial charge in [-0.3, -0.25) is 9.52 Å². The van der Waals surface area contributed by atoms with Gasteiger partial charge in [-0.1, -0.05) is 41.4 Å². The van der Waals surface area contributed by atoms with Crippen LogP contribution in [-0.4, -0.2) is 14.3 Å². The maximum atomic E-state index is 12.7. The number of sulfonamides is 1. The van der Waals surface area contributed by atoms with Crippen LogP contribution in [0, 0.1) is 11.3 Å². The molecule has 0 atom stereocenters. The van der Waals surface area contributed by atoms with E-state index in [1.165, 1.54) is 30.3 Å². The second-order valence-corrected chi connectivity index (χ2v) is 8.74. The largest absolute Gasteiger partial charge is 0.322 e. The summed E-state index contributed by atoms with van der Waals surface area (Å²) < 4.78 is 27.7. The zero-order valence-corrected chi connectivity index (χ0v) is 17.7. The van der Waals surface area contributed by atoms with Gasteiger partial charge >= 0.3 is 0 Å². The van der Waals surface area contributed by atoms with E-state index < -0.39 is 15.9 Å². The molecule has 0 saturated carbocycles. The smallest absolute Gasteiger partial charge is 0.263 e. The van der Waals surface area contributed by atoms with Crippen molar-refractivity contribution >= 4 is 50.5 Å². The van der Waals surface area contributed by atoms with Crippen LogP contribution in [0.15, 0.2) is 71.6 Å². The molecule has 0 spiro atoms. The van der Waals surface area contributed by atoms with Crippen molar-refractivity contribution in [2.45, 2.75) is 11.3 Å². The van der Waals surface area contributed by atoms with Crippen LogP contribution in [0.3, 0.4) is 0 Å². The Labute approximate surface area is 184 Å². The van der Waals surface area contributed by atoms with E-state index in [1.807, 2.05) is 0 Å². The summed E-state index contributed by atoms with van der Waals surface area (Å²) >= 11 is 11.9. The number of hydrogen-bond donors (Lipinski definition) is 2. The van der Waals surface area contributed by atoms with E-state index in [1.54, 1.807) is 36.4 Å². The molecule has 0 heterocycles. The Bertz CT molecular complexity index is 1240. The molecule has 3 aromatic carbocycles. The van der Waals surface area contributed by atoms with Crippen molar-refractivity contribution in [2.24, 2.45) is 0 Å². The fraction of sp³-hybridized carbons (Fsp3) is 0.0476. The summed E-state index contributed by atoms with van der Waals surface area (Å²) in [6, 6.07) is 19.1. The Morgan fingerprint density at radius 3 is 2.40 bits per heavy atom. The first-order valence-electron chi connectivity index (χ1n) is 8.64.